The number of carboxylic acid groups (broad SMARTS) is 1. The molecule has 0 aliphatic carbocycles. The van der Waals surface area contributed by atoms with E-state index in [1.54, 1.807) is 0 Å². The fourth-order valence-electron chi connectivity index (χ4n) is 2.76. The number of carboxylic acids is 1. The van der Waals surface area contributed by atoms with Gasteiger partial charge in [-0.05, 0) is 33.0 Å². The maximum atomic E-state index is 13.9. The molecule has 0 spiro atoms. The van der Waals surface area contributed by atoms with Crippen LogP contribution in [0.3, 0.4) is 0 Å². The SMILES string of the molecule is CN(C)CC1CCCN1c1cc(F)c(C(=O)O)cc1N. The van der Waals surface area contributed by atoms with Gasteiger partial charge in [-0.2, -0.15) is 0 Å². The van der Waals surface area contributed by atoms with E-state index in [9.17, 15) is 9.18 Å². The van der Waals surface area contributed by atoms with Gasteiger partial charge in [-0.25, -0.2) is 9.18 Å². The maximum absolute atomic E-state index is 13.9. The fourth-order valence-corrected chi connectivity index (χ4v) is 2.76. The standard InChI is InChI=1S/C14H20FN3O2/c1-17(2)8-9-4-3-5-18(9)13-7-11(15)10(14(19)20)6-12(13)16/h6-7,9H,3-5,8,16H2,1-2H3,(H,19,20). The van der Waals surface area contributed by atoms with Gasteiger partial charge in [0.15, 0.2) is 0 Å². The first-order valence-corrected chi connectivity index (χ1v) is 6.64. The van der Waals surface area contributed by atoms with Gasteiger partial charge in [0.05, 0.1) is 16.9 Å². The lowest BCUT2D eigenvalue weighted by Gasteiger charge is -2.30. The van der Waals surface area contributed by atoms with Crippen molar-refractivity contribution in [3.63, 3.8) is 0 Å². The molecule has 1 saturated heterocycles. The van der Waals surface area contributed by atoms with E-state index in [2.05, 4.69) is 9.80 Å². The van der Waals surface area contributed by atoms with Crippen LogP contribution in [-0.4, -0.2) is 49.2 Å². The van der Waals surface area contributed by atoms with Gasteiger partial charge in [-0.15, -0.1) is 0 Å². The second kappa shape index (κ2) is 5.66. The van der Waals surface area contributed by atoms with Crippen molar-refractivity contribution in [2.24, 2.45) is 0 Å². The van der Waals surface area contributed by atoms with Gasteiger partial charge in [0.1, 0.15) is 5.82 Å². The summed E-state index contributed by atoms with van der Waals surface area (Å²) in [4.78, 5) is 15.1. The lowest BCUT2D eigenvalue weighted by Crippen LogP contribution is -2.38. The highest BCUT2D eigenvalue weighted by molar-refractivity contribution is 5.91. The Morgan fingerprint density at radius 3 is 2.85 bits per heavy atom. The van der Waals surface area contributed by atoms with Crippen LogP contribution >= 0.6 is 0 Å². The minimum absolute atomic E-state index is 0.280. The molecule has 1 unspecified atom stereocenters. The predicted molar refractivity (Wildman–Crippen MR) is 76.7 cm³/mol. The third kappa shape index (κ3) is 2.85. The normalized spacial score (nSPS) is 18.8. The molecular weight excluding hydrogens is 261 g/mol. The molecule has 5 nitrogen and oxygen atoms in total. The number of nitrogens with zero attached hydrogens (tertiary/aromatic N) is 2. The fraction of sp³-hybridized carbons (Fsp3) is 0.500. The van der Waals surface area contributed by atoms with Crippen molar-refractivity contribution >= 4 is 17.3 Å². The van der Waals surface area contributed by atoms with Crippen LogP contribution in [0, 0.1) is 5.82 Å². The van der Waals surface area contributed by atoms with Gasteiger partial charge >= 0.3 is 5.97 Å². The zero-order valence-corrected chi connectivity index (χ0v) is 11.8. The van der Waals surface area contributed by atoms with Gasteiger partial charge in [0.2, 0.25) is 0 Å². The molecule has 1 aliphatic heterocycles. The molecule has 20 heavy (non-hydrogen) atoms. The molecule has 1 heterocycles. The van der Waals surface area contributed by atoms with Crippen LogP contribution in [0.1, 0.15) is 23.2 Å². The Labute approximate surface area is 117 Å². The molecule has 1 aromatic rings. The average molecular weight is 281 g/mol. The van der Waals surface area contributed by atoms with Crippen molar-refractivity contribution in [2.75, 3.05) is 37.8 Å². The van der Waals surface area contributed by atoms with Gasteiger partial charge in [-0.3, -0.25) is 0 Å². The van der Waals surface area contributed by atoms with Crippen LogP contribution in [0.25, 0.3) is 0 Å². The van der Waals surface area contributed by atoms with Crippen molar-refractivity contribution in [2.45, 2.75) is 18.9 Å². The Bertz CT molecular complexity index is 519. The molecule has 1 aliphatic rings. The number of hydrogen-bond acceptors (Lipinski definition) is 4. The molecule has 1 aromatic carbocycles. The van der Waals surface area contributed by atoms with Gasteiger partial charge in [0, 0.05) is 25.2 Å². The summed E-state index contributed by atoms with van der Waals surface area (Å²) >= 11 is 0. The number of hydrogen-bond donors (Lipinski definition) is 2. The number of nitrogen functional groups attached to an aromatic ring is 1. The number of rotatable bonds is 4. The minimum Gasteiger partial charge on any atom is -0.478 e. The first-order valence-electron chi connectivity index (χ1n) is 6.64. The summed E-state index contributed by atoms with van der Waals surface area (Å²) in [6, 6.07) is 2.73. The third-order valence-corrected chi connectivity index (χ3v) is 3.61. The number of halogens is 1. The smallest absolute Gasteiger partial charge is 0.338 e. The summed E-state index contributed by atoms with van der Waals surface area (Å²) in [5, 5.41) is 8.90. The number of anilines is 2. The van der Waals surface area contributed by atoms with E-state index in [1.165, 1.54) is 12.1 Å². The first kappa shape index (κ1) is 14.6. The third-order valence-electron chi connectivity index (χ3n) is 3.61. The quantitative estimate of drug-likeness (QED) is 0.821. The van der Waals surface area contributed by atoms with E-state index in [4.69, 9.17) is 10.8 Å². The maximum Gasteiger partial charge on any atom is 0.338 e. The van der Waals surface area contributed by atoms with Gasteiger partial charge in [0.25, 0.3) is 0 Å². The summed E-state index contributed by atoms with van der Waals surface area (Å²) in [6.45, 7) is 1.68. The van der Waals surface area contributed by atoms with Crippen LogP contribution in [0.15, 0.2) is 12.1 Å². The summed E-state index contributed by atoms with van der Waals surface area (Å²) in [5.74, 6) is -2.04. The van der Waals surface area contributed by atoms with Crippen LogP contribution in [-0.2, 0) is 0 Å². The molecule has 0 saturated carbocycles. The Balaban J connectivity index is 2.32. The molecule has 1 atom stereocenters. The summed E-state index contributed by atoms with van der Waals surface area (Å²) in [7, 11) is 3.99. The van der Waals surface area contributed by atoms with Gasteiger partial charge in [-0.1, -0.05) is 0 Å². The van der Waals surface area contributed by atoms with Crippen molar-refractivity contribution in [1.29, 1.82) is 0 Å². The monoisotopic (exact) mass is 281 g/mol. The average Bonchev–Trinajstić information content (AvgIpc) is 2.78. The highest BCUT2D eigenvalue weighted by Gasteiger charge is 2.27. The van der Waals surface area contributed by atoms with Gasteiger partial charge < -0.3 is 20.6 Å². The molecule has 1 fully saturated rings. The van der Waals surface area contributed by atoms with Crippen LogP contribution in [0.4, 0.5) is 15.8 Å². The number of carbonyl (C=O) groups is 1. The van der Waals surface area contributed by atoms with E-state index < -0.39 is 11.8 Å². The Hall–Kier alpha value is -1.82. The van der Waals surface area contributed by atoms with Crippen LogP contribution in [0.2, 0.25) is 0 Å². The Morgan fingerprint density at radius 1 is 1.55 bits per heavy atom. The Kier molecular flexibility index (Phi) is 4.13. The molecular formula is C14H20FN3O2. The number of benzene rings is 1. The van der Waals surface area contributed by atoms with Crippen LogP contribution < -0.4 is 10.6 Å². The predicted octanol–water partition coefficient (Wildman–Crippen LogP) is 1.64. The molecule has 0 aromatic heterocycles. The van der Waals surface area contributed by atoms with Crippen molar-refractivity contribution in [3.8, 4) is 0 Å². The highest BCUT2D eigenvalue weighted by Crippen LogP contribution is 2.32. The molecule has 110 valence electrons. The second-order valence-corrected chi connectivity index (χ2v) is 5.45. The molecule has 6 heteroatoms. The topological polar surface area (TPSA) is 69.8 Å². The Morgan fingerprint density at radius 2 is 2.25 bits per heavy atom. The van der Waals surface area contributed by atoms with Crippen LogP contribution in [0.5, 0.6) is 0 Å². The minimum atomic E-state index is -1.30. The number of nitrogens with two attached hydrogens (primary N) is 1. The second-order valence-electron chi connectivity index (χ2n) is 5.45. The van der Waals surface area contributed by atoms with E-state index in [0.717, 1.165) is 25.9 Å². The molecule has 0 amide bonds. The van der Waals surface area contributed by atoms with E-state index in [-0.39, 0.29) is 11.6 Å². The first-order chi connectivity index (χ1) is 9.40. The summed E-state index contributed by atoms with van der Waals surface area (Å²) < 4.78 is 13.9. The number of likely N-dealkylation sites (N-methyl/N-ethyl adjacent to an activating group) is 1. The van der Waals surface area contributed by atoms with Crippen molar-refractivity contribution in [1.82, 2.24) is 4.90 Å². The zero-order chi connectivity index (χ0) is 14.9. The van der Waals surface area contributed by atoms with Crippen molar-refractivity contribution in [3.05, 3.63) is 23.5 Å². The highest BCUT2D eigenvalue weighted by atomic mass is 19.1. The van der Waals surface area contributed by atoms with Crippen molar-refractivity contribution < 1.29 is 14.3 Å². The lowest BCUT2D eigenvalue weighted by molar-refractivity contribution is 0.0692. The summed E-state index contributed by atoms with van der Waals surface area (Å²) in [6.07, 6.45) is 2.06. The molecule has 0 radical (unpaired) electrons. The van der Waals surface area contributed by atoms with E-state index in [0.29, 0.717) is 11.4 Å². The van der Waals surface area contributed by atoms with E-state index in [1.807, 2.05) is 14.1 Å². The largest absolute Gasteiger partial charge is 0.478 e. The lowest BCUT2D eigenvalue weighted by atomic mass is 10.1. The van der Waals surface area contributed by atoms with E-state index >= 15 is 0 Å². The molecule has 3 N–H and O–H groups in total. The molecule has 2 rings (SSSR count). The zero-order valence-electron chi connectivity index (χ0n) is 11.8. The summed E-state index contributed by atoms with van der Waals surface area (Å²) in [5.41, 5.74) is 6.44. The molecule has 0 bridgehead atoms. The number of aromatic carboxylic acids is 1.